The van der Waals surface area contributed by atoms with Gasteiger partial charge in [0.15, 0.2) is 0 Å². The smallest absolute Gasteiger partial charge is 0.238 e. The molecule has 0 saturated carbocycles. The molecule has 7 heteroatoms. The molecule has 0 radical (unpaired) electrons. The van der Waals surface area contributed by atoms with E-state index >= 15 is 0 Å². The second-order valence-corrected chi connectivity index (χ2v) is 7.17. The van der Waals surface area contributed by atoms with Crippen LogP contribution in [0.3, 0.4) is 0 Å². The van der Waals surface area contributed by atoms with Gasteiger partial charge < -0.3 is 10.6 Å². The van der Waals surface area contributed by atoms with Gasteiger partial charge in [-0.25, -0.2) is 0 Å². The minimum absolute atomic E-state index is 0. The molecule has 2 unspecified atom stereocenters. The molecule has 2 aliphatic heterocycles. The highest BCUT2D eigenvalue weighted by Crippen LogP contribution is 2.29. The number of fused-ring (bicyclic) bond motifs is 2. The van der Waals surface area contributed by atoms with Gasteiger partial charge in [0.25, 0.3) is 0 Å². The first-order valence-corrected chi connectivity index (χ1v) is 8.48. The van der Waals surface area contributed by atoms with Crippen molar-refractivity contribution in [2.45, 2.75) is 43.8 Å². The van der Waals surface area contributed by atoms with Gasteiger partial charge in [0.05, 0.1) is 16.6 Å². The zero-order valence-corrected chi connectivity index (χ0v) is 15.3. The van der Waals surface area contributed by atoms with E-state index in [0.29, 0.717) is 40.4 Å². The van der Waals surface area contributed by atoms with E-state index in [-0.39, 0.29) is 18.3 Å². The molecule has 0 aliphatic carbocycles. The summed E-state index contributed by atoms with van der Waals surface area (Å²) in [6.45, 7) is 0.393. The molecule has 4 nitrogen and oxygen atoms in total. The Kier molecular flexibility index (Phi) is 6.57. The lowest BCUT2D eigenvalue weighted by Gasteiger charge is -2.35. The number of carbonyl (C=O) groups is 1. The number of benzene rings is 1. The van der Waals surface area contributed by atoms with Crippen molar-refractivity contribution in [3.8, 4) is 0 Å². The third-order valence-corrected chi connectivity index (χ3v) is 5.41. The minimum Gasteiger partial charge on any atom is -0.325 e. The van der Waals surface area contributed by atoms with Crippen molar-refractivity contribution in [3.05, 3.63) is 28.2 Å². The van der Waals surface area contributed by atoms with Crippen molar-refractivity contribution < 1.29 is 4.79 Å². The van der Waals surface area contributed by atoms with Crippen LogP contribution in [0.1, 0.15) is 25.7 Å². The summed E-state index contributed by atoms with van der Waals surface area (Å²) in [5.41, 5.74) is 0.679. The number of carbonyl (C=O) groups excluding carboxylic acids is 1. The molecular formula is C16H22Cl3N3O. The van der Waals surface area contributed by atoms with Crippen molar-refractivity contribution in [2.75, 3.05) is 18.9 Å². The van der Waals surface area contributed by atoms with E-state index in [9.17, 15) is 4.79 Å². The number of nitrogens with one attached hydrogen (secondary N) is 2. The molecule has 3 rings (SSSR count). The first kappa shape index (κ1) is 18.8. The summed E-state index contributed by atoms with van der Waals surface area (Å²) in [4.78, 5) is 14.4. The second-order valence-electron chi connectivity index (χ2n) is 6.36. The molecule has 128 valence electrons. The van der Waals surface area contributed by atoms with Gasteiger partial charge in [0.2, 0.25) is 5.91 Å². The Morgan fingerprint density at radius 1 is 1.26 bits per heavy atom. The molecule has 2 heterocycles. The summed E-state index contributed by atoms with van der Waals surface area (Å²) >= 11 is 11.8. The van der Waals surface area contributed by atoms with E-state index in [2.05, 4.69) is 15.5 Å². The Labute approximate surface area is 153 Å². The minimum atomic E-state index is -0.0215. The van der Waals surface area contributed by atoms with Gasteiger partial charge in [-0.3, -0.25) is 9.69 Å². The van der Waals surface area contributed by atoms with Crippen molar-refractivity contribution in [2.24, 2.45) is 0 Å². The molecule has 2 fully saturated rings. The summed E-state index contributed by atoms with van der Waals surface area (Å²) in [7, 11) is 2.03. The van der Waals surface area contributed by atoms with Gasteiger partial charge >= 0.3 is 0 Å². The fraction of sp³-hybridized carbons (Fsp3) is 0.562. The van der Waals surface area contributed by atoms with Crippen molar-refractivity contribution >= 4 is 47.2 Å². The topological polar surface area (TPSA) is 44.4 Å². The summed E-state index contributed by atoms with van der Waals surface area (Å²) in [5, 5.41) is 7.44. The normalized spacial score (nSPS) is 26.0. The van der Waals surface area contributed by atoms with Crippen molar-refractivity contribution in [1.29, 1.82) is 0 Å². The van der Waals surface area contributed by atoms with E-state index in [1.165, 1.54) is 12.8 Å². The van der Waals surface area contributed by atoms with E-state index in [1.54, 1.807) is 18.2 Å². The quantitative estimate of drug-likeness (QED) is 0.842. The molecule has 1 amide bonds. The van der Waals surface area contributed by atoms with Crippen LogP contribution in [0.4, 0.5) is 5.69 Å². The fourth-order valence-corrected chi connectivity index (χ4v) is 3.82. The largest absolute Gasteiger partial charge is 0.325 e. The molecule has 2 N–H and O–H groups in total. The van der Waals surface area contributed by atoms with Crippen LogP contribution in [-0.2, 0) is 4.79 Å². The Hall–Kier alpha value is -0.520. The predicted molar refractivity (Wildman–Crippen MR) is 97.9 cm³/mol. The monoisotopic (exact) mass is 377 g/mol. The number of amides is 1. The number of hydrogen-bond donors (Lipinski definition) is 2. The van der Waals surface area contributed by atoms with E-state index in [1.807, 2.05) is 7.05 Å². The SMILES string of the molecule is CN(CC(=O)Nc1ccc(Cl)c(Cl)c1)C1CC2CCC(C1)N2.Cl. The highest BCUT2D eigenvalue weighted by atomic mass is 35.5. The molecule has 2 bridgehead atoms. The maximum atomic E-state index is 12.2. The van der Waals surface area contributed by atoms with E-state index in [4.69, 9.17) is 23.2 Å². The van der Waals surface area contributed by atoms with Crippen LogP contribution >= 0.6 is 35.6 Å². The fourth-order valence-electron chi connectivity index (χ4n) is 3.52. The van der Waals surface area contributed by atoms with Gasteiger partial charge in [-0.1, -0.05) is 23.2 Å². The van der Waals surface area contributed by atoms with Crippen LogP contribution in [0.15, 0.2) is 18.2 Å². The molecule has 0 aromatic heterocycles. The van der Waals surface area contributed by atoms with Crippen molar-refractivity contribution in [1.82, 2.24) is 10.2 Å². The summed E-state index contributed by atoms with van der Waals surface area (Å²) < 4.78 is 0. The molecule has 2 aliphatic rings. The number of nitrogens with zero attached hydrogens (tertiary/aromatic N) is 1. The molecule has 0 spiro atoms. The predicted octanol–water partition coefficient (Wildman–Crippen LogP) is 3.57. The van der Waals surface area contributed by atoms with Gasteiger partial charge in [-0.2, -0.15) is 0 Å². The van der Waals surface area contributed by atoms with Gasteiger partial charge in [0.1, 0.15) is 0 Å². The lowest BCUT2D eigenvalue weighted by atomic mass is 9.98. The number of likely N-dealkylation sites (N-methyl/N-ethyl adjacent to an activating group) is 1. The molecule has 2 atom stereocenters. The first-order valence-electron chi connectivity index (χ1n) is 7.72. The van der Waals surface area contributed by atoms with E-state index in [0.717, 1.165) is 12.8 Å². The molecule has 1 aromatic rings. The number of halogens is 3. The molecule has 23 heavy (non-hydrogen) atoms. The number of rotatable bonds is 4. The molecule has 2 saturated heterocycles. The van der Waals surface area contributed by atoms with Gasteiger partial charge in [-0.05, 0) is 50.9 Å². The Balaban J connectivity index is 0.00000192. The zero-order chi connectivity index (χ0) is 15.7. The summed E-state index contributed by atoms with van der Waals surface area (Å²) in [6, 6.07) is 6.86. The first-order chi connectivity index (χ1) is 10.5. The summed E-state index contributed by atoms with van der Waals surface area (Å²) in [5.74, 6) is -0.0215. The Morgan fingerprint density at radius 3 is 2.52 bits per heavy atom. The lowest BCUT2D eigenvalue weighted by Crippen LogP contribution is -2.48. The number of piperidine rings is 1. The average Bonchev–Trinajstić information content (AvgIpc) is 2.81. The van der Waals surface area contributed by atoms with Crippen LogP contribution in [0, 0.1) is 0 Å². The average molecular weight is 379 g/mol. The summed E-state index contributed by atoms with van der Waals surface area (Å²) in [6.07, 6.45) is 4.80. The van der Waals surface area contributed by atoms with Crippen LogP contribution in [-0.4, -0.2) is 42.5 Å². The number of anilines is 1. The molecular weight excluding hydrogens is 357 g/mol. The van der Waals surface area contributed by atoms with Gasteiger partial charge in [-0.15, -0.1) is 12.4 Å². The Bertz CT molecular complexity index is 558. The highest BCUT2D eigenvalue weighted by molar-refractivity contribution is 6.42. The lowest BCUT2D eigenvalue weighted by molar-refractivity contribution is -0.117. The van der Waals surface area contributed by atoms with Crippen molar-refractivity contribution in [3.63, 3.8) is 0 Å². The van der Waals surface area contributed by atoms with Gasteiger partial charge in [0, 0.05) is 23.8 Å². The zero-order valence-electron chi connectivity index (χ0n) is 13.0. The van der Waals surface area contributed by atoms with Crippen LogP contribution < -0.4 is 10.6 Å². The van der Waals surface area contributed by atoms with E-state index < -0.39 is 0 Å². The maximum Gasteiger partial charge on any atom is 0.238 e. The van der Waals surface area contributed by atoms with Crippen LogP contribution in [0.2, 0.25) is 10.0 Å². The Morgan fingerprint density at radius 2 is 1.91 bits per heavy atom. The third kappa shape index (κ3) is 4.74. The number of hydrogen-bond acceptors (Lipinski definition) is 3. The maximum absolute atomic E-state index is 12.2. The molecule has 1 aromatic carbocycles. The highest BCUT2D eigenvalue weighted by Gasteiger charge is 2.35. The van der Waals surface area contributed by atoms with Crippen LogP contribution in [0.25, 0.3) is 0 Å². The second kappa shape index (κ2) is 8.04. The van der Waals surface area contributed by atoms with Crippen LogP contribution in [0.5, 0.6) is 0 Å². The third-order valence-electron chi connectivity index (χ3n) is 4.67. The standard InChI is InChI=1S/C16H21Cl2N3O.ClH/c1-21(13-6-10-2-3-11(7-13)19-10)9-16(22)20-12-4-5-14(17)15(18)8-12;/h4-5,8,10-11,13,19H,2-3,6-7,9H2,1H3,(H,20,22);1H.